The molecular formula is C28H41N5O5S. The highest BCUT2D eigenvalue weighted by molar-refractivity contribution is 7.89. The number of aryl methyl sites for hydroxylation is 2. The third-order valence-corrected chi connectivity index (χ3v) is 10.7. The highest BCUT2D eigenvalue weighted by Crippen LogP contribution is 2.36. The summed E-state index contributed by atoms with van der Waals surface area (Å²) < 4.78 is 40.0. The average molecular weight is 560 g/mol. The number of likely N-dealkylation sites (N-methyl/N-ethyl adjacent to an activating group) is 1. The third kappa shape index (κ3) is 5.86. The van der Waals surface area contributed by atoms with Crippen LogP contribution in [0, 0.1) is 13.8 Å². The molecule has 1 saturated carbocycles. The molecule has 1 unspecified atom stereocenters. The minimum absolute atomic E-state index is 0.00726. The van der Waals surface area contributed by atoms with Gasteiger partial charge in [0.15, 0.2) is 5.69 Å². The predicted octanol–water partition coefficient (Wildman–Crippen LogP) is 2.89. The Kier molecular flexibility index (Phi) is 8.05. The van der Waals surface area contributed by atoms with E-state index in [-0.39, 0.29) is 35.0 Å². The smallest absolute Gasteiger partial charge is 0.275 e. The Hall–Kier alpha value is -2.47. The highest BCUT2D eigenvalue weighted by atomic mass is 32.2. The van der Waals surface area contributed by atoms with Crippen molar-refractivity contribution in [2.75, 3.05) is 47.4 Å². The van der Waals surface area contributed by atoms with Crippen molar-refractivity contribution in [1.29, 1.82) is 0 Å². The molecule has 0 spiro atoms. The molecule has 39 heavy (non-hydrogen) atoms. The minimum Gasteiger partial charge on any atom is -0.497 e. The second-order valence-electron chi connectivity index (χ2n) is 11.4. The SMILES string of the molecule is COc1cc(C)c(S(=O)(=O)N(Cc2nc(C(=O)N3CCC(N(C)C4CCN(C)CC4)C3)co2)C2CC2)c(C)c1. The molecule has 11 heteroatoms. The van der Waals surface area contributed by atoms with Gasteiger partial charge in [0.2, 0.25) is 15.9 Å². The number of carbonyl (C=O) groups excluding carboxylic acids is 1. The maximum absolute atomic E-state index is 13.8. The summed E-state index contributed by atoms with van der Waals surface area (Å²) in [6.07, 6.45) is 6.20. The Morgan fingerprint density at radius 2 is 1.69 bits per heavy atom. The molecule has 3 aliphatic rings. The van der Waals surface area contributed by atoms with E-state index in [9.17, 15) is 13.2 Å². The number of nitrogens with zero attached hydrogens (tertiary/aromatic N) is 5. The van der Waals surface area contributed by atoms with E-state index in [1.54, 1.807) is 33.1 Å². The summed E-state index contributed by atoms with van der Waals surface area (Å²) >= 11 is 0. The number of rotatable bonds is 9. The summed E-state index contributed by atoms with van der Waals surface area (Å²) in [5, 5.41) is 0. The number of aromatic nitrogens is 1. The van der Waals surface area contributed by atoms with E-state index < -0.39 is 10.0 Å². The molecule has 2 saturated heterocycles. The summed E-state index contributed by atoms with van der Waals surface area (Å²) in [5.41, 5.74) is 1.50. The Morgan fingerprint density at radius 3 is 2.31 bits per heavy atom. The van der Waals surface area contributed by atoms with E-state index in [1.807, 2.05) is 4.90 Å². The van der Waals surface area contributed by atoms with Crippen molar-refractivity contribution in [2.45, 2.75) is 75.5 Å². The van der Waals surface area contributed by atoms with Gasteiger partial charge in [-0.1, -0.05) is 0 Å². The quantitative estimate of drug-likeness (QED) is 0.463. The number of likely N-dealkylation sites (tertiary alicyclic amines) is 2. The van der Waals surface area contributed by atoms with Gasteiger partial charge in [-0.3, -0.25) is 9.69 Å². The first-order valence-corrected chi connectivity index (χ1v) is 15.3. The molecule has 1 aromatic carbocycles. The molecule has 0 N–H and O–H groups in total. The van der Waals surface area contributed by atoms with Crippen LogP contribution in [0.15, 0.2) is 27.7 Å². The highest BCUT2D eigenvalue weighted by Gasteiger charge is 2.41. The number of carbonyl (C=O) groups is 1. The monoisotopic (exact) mass is 559 g/mol. The molecule has 1 aromatic heterocycles. The van der Waals surface area contributed by atoms with Gasteiger partial charge in [0.05, 0.1) is 18.6 Å². The maximum Gasteiger partial charge on any atom is 0.275 e. The topological polar surface area (TPSA) is 99.4 Å². The first kappa shape index (κ1) is 28.1. The van der Waals surface area contributed by atoms with Crippen LogP contribution in [-0.4, -0.2) is 104 Å². The largest absolute Gasteiger partial charge is 0.497 e. The van der Waals surface area contributed by atoms with E-state index in [2.05, 4.69) is 28.9 Å². The van der Waals surface area contributed by atoms with Crippen molar-refractivity contribution in [2.24, 2.45) is 0 Å². The summed E-state index contributed by atoms with van der Waals surface area (Å²) in [4.78, 5) is 24.7. The Balaban J connectivity index is 1.26. The zero-order chi connectivity index (χ0) is 27.9. The van der Waals surface area contributed by atoms with Crippen molar-refractivity contribution in [3.05, 3.63) is 41.1 Å². The van der Waals surface area contributed by atoms with Crippen molar-refractivity contribution in [3.63, 3.8) is 0 Å². The lowest BCUT2D eigenvalue weighted by Gasteiger charge is -2.38. The summed E-state index contributed by atoms with van der Waals surface area (Å²) in [5.74, 6) is 0.697. The molecule has 2 aromatic rings. The van der Waals surface area contributed by atoms with Gasteiger partial charge in [-0.15, -0.1) is 0 Å². The Labute approximate surface area is 231 Å². The maximum atomic E-state index is 13.8. The third-order valence-electron chi connectivity index (χ3n) is 8.54. The fourth-order valence-corrected chi connectivity index (χ4v) is 8.11. The van der Waals surface area contributed by atoms with Gasteiger partial charge in [-0.2, -0.15) is 4.31 Å². The predicted molar refractivity (Wildman–Crippen MR) is 147 cm³/mol. The lowest BCUT2D eigenvalue weighted by Crippen LogP contribution is -2.47. The standard InChI is InChI=1S/C28H41N5O5S/c1-19-14-24(37-5)15-20(2)27(19)39(35,36)33(22-6-7-22)17-26-29-25(18-38-26)28(34)32-13-10-23(16-32)31(4)21-8-11-30(3)12-9-21/h14-15,18,21-23H,6-13,16-17H2,1-5H3. The number of amides is 1. The molecule has 5 rings (SSSR count). The number of benzene rings is 1. The molecule has 0 radical (unpaired) electrons. The van der Waals surface area contributed by atoms with Crippen LogP contribution in [0.4, 0.5) is 0 Å². The molecule has 1 amide bonds. The van der Waals surface area contributed by atoms with Crippen LogP contribution in [0.3, 0.4) is 0 Å². The molecule has 3 fully saturated rings. The van der Waals surface area contributed by atoms with Gasteiger partial charge in [-0.05, 0) is 96.4 Å². The van der Waals surface area contributed by atoms with E-state index in [0.29, 0.717) is 42.0 Å². The van der Waals surface area contributed by atoms with Gasteiger partial charge < -0.3 is 19.0 Å². The van der Waals surface area contributed by atoms with Gasteiger partial charge in [0, 0.05) is 31.2 Å². The first-order valence-electron chi connectivity index (χ1n) is 13.9. The molecule has 2 aliphatic heterocycles. The summed E-state index contributed by atoms with van der Waals surface area (Å²) in [6, 6.07) is 4.26. The Morgan fingerprint density at radius 1 is 1.05 bits per heavy atom. The van der Waals surface area contributed by atoms with Gasteiger partial charge >= 0.3 is 0 Å². The van der Waals surface area contributed by atoms with E-state index in [1.165, 1.54) is 10.6 Å². The molecule has 214 valence electrons. The van der Waals surface area contributed by atoms with Crippen LogP contribution >= 0.6 is 0 Å². The van der Waals surface area contributed by atoms with Crippen molar-refractivity contribution in [1.82, 2.24) is 24.0 Å². The van der Waals surface area contributed by atoms with Gasteiger partial charge in [0.1, 0.15) is 12.0 Å². The Bertz CT molecular complexity index is 1280. The number of ether oxygens (including phenoxy) is 1. The summed E-state index contributed by atoms with van der Waals surface area (Å²) in [7, 11) is 2.11. The number of piperidine rings is 1. The molecular weight excluding hydrogens is 518 g/mol. The second kappa shape index (κ2) is 11.2. The number of methoxy groups -OCH3 is 1. The normalized spacial score (nSPS) is 21.3. The van der Waals surface area contributed by atoms with Gasteiger partial charge in [0.25, 0.3) is 5.91 Å². The number of sulfonamides is 1. The summed E-state index contributed by atoms with van der Waals surface area (Å²) in [6.45, 7) is 7.12. The van der Waals surface area contributed by atoms with E-state index >= 15 is 0 Å². The number of hydrogen-bond donors (Lipinski definition) is 0. The fraction of sp³-hybridized carbons (Fsp3) is 0.643. The van der Waals surface area contributed by atoms with Crippen LogP contribution in [0.1, 0.15) is 59.6 Å². The van der Waals surface area contributed by atoms with E-state index in [4.69, 9.17) is 9.15 Å². The molecule has 0 bridgehead atoms. The number of hydrogen-bond acceptors (Lipinski definition) is 8. The van der Waals surface area contributed by atoms with Gasteiger partial charge in [-0.25, -0.2) is 13.4 Å². The van der Waals surface area contributed by atoms with Crippen LogP contribution in [-0.2, 0) is 16.6 Å². The zero-order valence-corrected chi connectivity index (χ0v) is 24.5. The first-order chi connectivity index (χ1) is 18.6. The number of oxazole rings is 1. The minimum atomic E-state index is -3.81. The van der Waals surface area contributed by atoms with Crippen LogP contribution in [0.25, 0.3) is 0 Å². The fourth-order valence-electron chi connectivity index (χ4n) is 6.06. The molecule has 3 heterocycles. The van der Waals surface area contributed by atoms with Crippen LogP contribution in [0.5, 0.6) is 5.75 Å². The van der Waals surface area contributed by atoms with Crippen molar-refractivity contribution in [3.8, 4) is 5.75 Å². The van der Waals surface area contributed by atoms with E-state index in [0.717, 1.165) is 45.2 Å². The van der Waals surface area contributed by atoms with Crippen molar-refractivity contribution >= 4 is 15.9 Å². The van der Waals surface area contributed by atoms with Crippen LogP contribution < -0.4 is 4.74 Å². The molecule has 10 nitrogen and oxygen atoms in total. The molecule has 1 atom stereocenters. The lowest BCUT2D eigenvalue weighted by molar-refractivity contribution is 0.0747. The lowest BCUT2D eigenvalue weighted by atomic mass is 10.0. The zero-order valence-electron chi connectivity index (χ0n) is 23.7. The van der Waals surface area contributed by atoms with Crippen molar-refractivity contribution < 1.29 is 22.4 Å². The second-order valence-corrected chi connectivity index (χ2v) is 13.2. The average Bonchev–Trinajstić information content (AvgIpc) is 3.42. The molecule has 1 aliphatic carbocycles. The van der Waals surface area contributed by atoms with Crippen LogP contribution in [0.2, 0.25) is 0 Å².